The van der Waals surface area contributed by atoms with Crippen molar-refractivity contribution >= 4 is 28.8 Å². The highest BCUT2D eigenvalue weighted by Crippen LogP contribution is 2.50. The minimum Gasteiger partial charge on any atom is -0.336 e. The van der Waals surface area contributed by atoms with Crippen LogP contribution < -0.4 is 0 Å². The van der Waals surface area contributed by atoms with Gasteiger partial charge in [-0.15, -0.1) is 11.3 Å². The topological polar surface area (TPSA) is 20.3 Å². The molecule has 1 aliphatic heterocycles. The molecule has 0 radical (unpaired) electrons. The molecule has 0 unspecified atom stereocenters. The molecule has 1 aromatic heterocycles. The largest absolute Gasteiger partial charge is 0.336 e. The highest BCUT2D eigenvalue weighted by atomic mass is 35.5. The third-order valence-electron chi connectivity index (χ3n) is 4.67. The van der Waals surface area contributed by atoms with Crippen molar-refractivity contribution in [3.8, 4) is 0 Å². The van der Waals surface area contributed by atoms with E-state index >= 15 is 0 Å². The van der Waals surface area contributed by atoms with Crippen LogP contribution in [0.4, 0.5) is 0 Å². The Morgan fingerprint density at radius 1 is 1.19 bits per heavy atom. The van der Waals surface area contributed by atoms with Crippen molar-refractivity contribution in [2.75, 3.05) is 6.54 Å². The van der Waals surface area contributed by atoms with Gasteiger partial charge < -0.3 is 4.90 Å². The number of fused-ring (bicyclic) bond motifs is 1. The number of nitrogens with zero attached hydrogens (tertiary/aromatic N) is 1. The van der Waals surface area contributed by atoms with Crippen LogP contribution in [0.5, 0.6) is 0 Å². The van der Waals surface area contributed by atoms with Gasteiger partial charge >= 0.3 is 0 Å². The van der Waals surface area contributed by atoms with Crippen molar-refractivity contribution in [2.45, 2.75) is 31.2 Å². The second kappa shape index (κ2) is 4.85. The molecule has 2 heterocycles. The van der Waals surface area contributed by atoms with Crippen molar-refractivity contribution in [1.29, 1.82) is 0 Å². The predicted molar refractivity (Wildman–Crippen MR) is 85.8 cm³/mol. The molecule has 0 saturated heterocycles. The zero-order valence-electron chi connectivity index (χ0n) is 11.6. The summed E-state index contributed by atoms with van der Waals surface area (Å²) in [6.45, 7) is 1.62. The first-order valence-corrected chi connectivity index (χ1v) is 8.55. The molecule has 2 aliphatic rings. The molecule has 0 spiro atoms. The summed E-state index contributed by atoms with van der Waals surface area (Å²) >= 11 is 7.72. The van der Waals surface area contributed by atoms with E-state index in [1.54, 1.807) is 11.3 Å². The monoisotopic (exact) mass is 317 g/mol. The van der Waals surface area contributed by atoms with Crippen molar-refractivity contribution in [3.63, 3.8) is 0 Å². The van der Waals surface area contributed by atoms with Gasteiger partial charge in [-0.2, -0.15) is 0 Å². The van der Waals surface area contributed by atoms with Gasteiger partial charge in [0.15, 0.2) is 0 Å². The van der Waals surface area contributed by atoms with E-state index in [4.69, 9.17) is 11.6 Å². The van der Waals surface area contributed by atoms with Gasteiger partial charge in [0.25, 0.3) is 0 Å². The van der Waals surface area contributed by atoms with Crippen LogP contribution >= 0.6 is 22.9 Å². The maximum absolute atomic E-state index is 13.0. The number of carbonyl (C=O) groups is 1. The van der Waals surface area contributed by atoms with E-state index in [-0.39, 0.29) is 5.41 Å². The third kappa shape index (κ3) is 2.19. The summed E-state index contributed by atoms with van der Waals surface area (Å²) in [5, 5.41) is 2.85. The Bertz CT molecular complexity index is 687. The third-order valence-corrected chi connectivity index (χ3v) is 5.87. The average Bonchev–Trinajstić information content (AvgIpc) is 3.18. The molecule has 1 amide bonds. The Labute approximate surface area is 133 Å². The second-order valence-corrected chi connectivity index (χ2v) is 7.37. The van der Waals surface area contributed by atoms with E-state index in [1.807, 2.05) is 29.2 Å². The van der Waals surface area contributed by atoms with Gasteiger partial charge in [-0.25, -0.2) is 0 Å². The Balaban J connectivity index is 1.59. The van der Waals surface area contributed by atoms with Gasteiger partial charge in [0, 0.05) is 16.4 Å². The Morgan fingerprint density at radius 2 is 1.95 bits per heavy atom. The van der Waals surface area contributed by atoms with Crippen LogP contribution in [0.25, 0.3) is 0 Å². The highest BCUT2D eigenvalue weighted by Gasteiger charge is 2.53. The predicted octanol–water partition coefficient (Wildman–Crippen LogP) is 4.02. The van der Waals surface area contributed by atoms with Crippen LogP contribution in [0.15, 0.2) is 35.7 Å². The van der Waals surface area contributed by atoms with Crippen molar-refractivity contribution < 1.29 is 4.79 Å². The van der Waals surface area contributed by atoms with Crippen LogP contribution in [0.2, 0.25) is 5.02 Å². The Morgan fingerprint density at radius 3 is 2.67 bits per heavy atom. The van der Waals surface area contributed by atoms with Gasteiger partial charge in [0.2, 0.25) is 5.91 Å². The molecule has 4 heteroatoms. The number of thiophene rings is 1. The van der Waals surface area contributed by atoms with E-state index in [9.17, 15) is 4.79 Å². The second-order valence-electron chi connectivity index (χ2n) is 5.93. The average molecular weight is 318 g/mol. The molecule has 1 aliphatic carbocycles. The van der Waals surface area contributed by atoms with Gasteiger partial charge in [-0.3, -0.25) is 4.79 Å². The normalized spacial score (nSPS) is 19.2. The van der Waals surface area contributed by atoms with Gasteiger partial charge in [0.05, 0.1) is 12.0 Å². The lowest BCUT2D eigenvalue weighted by Crippen LogP contribution is -2.41. The van der Waals surface area contributed by atoms with E-state index in [1.165, 1.54) is 10.4 Å². The number of halogens is 1. The SMILES string of the molecule is O=C(N1CCc2ccsc2C1)C1(c2ccc(Cl)cc2)CC1. The number of benzene rings is 1. The first kappa shape index (κ1) is 13.4. The van der Waals surface area contributed by atoms with Crippen LogP contribution in [-0.2, 0) is 23.2 Å². The number of amides is 1. The molecular weight excluding hydrogens is 302 g/mol. The zero-order valence-corrected chi connectivity index (χ0v) is 13.2. The fourth-order valence-electron chi connectivity index (χ4n) is 3.23. The summed E-state index contributed by atoms with van der Waals surface area (Å²) in [6, 6.07) is 9.98. The van der Waals surface area contributed by atoms with E-state index in [0.717, 1.165) is 42.9 Å². The molecule has 1 aromatic carbocycles. The van der Waals surface area contributed by atoms with Gasteiger partial charge in [0.1, 0.15) is 0 Å². The lowest BCUT2D eigenvalue weighted by molar-refractivity contribution is -0.134. The lowest BCUT2D eigenvalue weighted by Gasteiger charge is -2.30. The highest BCUT2D eigenvalue weighted by molar-refractivity contribution is 7.10. The Hall–Kier alpha value is -1.32. The minimum absolute atomic E-state index is 0.278. The first-order valence-electron chi connectivity index (χ1n) is 7.30. The molecule has 2 nitrogen and oxygen atoms in total. The quantitative estimate of drug-likeness (QED) is 0.819. The molecule has 2 aromatic rings. The van der Waals surface area contributed by atoms with Crippen molar-refractivity contribution in [3.05, 3.63) is 56.7 Å². The molecule has 4 rings (SSSR count). The van der Waals surface area contributed by atoms with Gasteiger partial charge in [-0.1, -0.05) is 23.7 Å². The number of hydrogen-bond acceptors (Lipinski definition) is 2. The summed E-state index contributed by atoms with van der Waals surface area (Å²) in [5.74, 6) is 0.295. The van der Waals surface area contributed by atoms with Gasteiger partial charge in [-0.05, 0) is 54.0 Å². The molecule has 0 bridgehead atoms. The molecular formula is C17H16ClNOS. The molecule has 0 atom stereocenters. The van der Waals surface area contributed by atoms with E-state index in [0.29, 0.717) is 5.91 Å². The smallest absolute Gasteiger partial charge is 0.233 e. The van der Waals surface area contributed by atoms with Crippen LogP contribution in [0.1, 0.15) is 28.8 Å². The lowest BCUT2D eigenvalue weighted by atomic mass is 9.93. The number of rotatable bonds is 2. The zero-order chi connectivity index (χ0) is 14.4. The Kier molecular flexibility index (Phi) is 3.09. The maximum atomic E-state index is 13.0. The van der Waals surface area contributed by atoms with Crippen molar-refractivity contribution in [2.24, 2.45) is 0 Å². The summed E-state index contributed by atoms with van der Waals surface area (Å²) < 4.78 is 0. The summed E-state index contributed by atoms with van der Waals surface area (Å²) in [6.07, 6.45) is 2.91. The fraction of sp³-hybridized carbons (Fsp3) is 0.353. The summed E-state index contributed by atoms with van der Waals surface area (Å²) in [4.78, 5) is 16.4. The molecule has 0 N–H and O–H groups in total. The van der Waals surface area contributed by atoms with E-state index in [2.05, 4.69) is 11.4 Å². The summed E-state index contributed by atoms with van der Waals surface area (Å²) in [5.41, 5.74) is 2.26. The maximum Gasteiger partial charge on any atom is 0.233 e. The van der Waals surface area contributed by atoms with Crippen LogP contribution in [0, 0.1) is 0 Å². The first-order chi connectivity index (χ1) is 10.2. The molecule has 21 heavy (non-hydrogen) atoms. The van der Waals surface area contributed by atoms with Crippen LogP contribution in [0.3, 0.4) is 0 Å². The van der Waals surface area contributed by atoms with E-state index < -0.39 is 0 Å². The van der Waals surface area contributed by atoms with Crippen LogP contribution in [-0.4, -0.2) is 17.4 Å². The fourth-order valence-corrected chi connectivity index (χ4v) is 4.31. The number of hydrogen-bond donors (Lipinski definition) is 0. The van der Waals surface area contributed by atoms with Crippen molar-refractivity contribution in [1.82, 2.24) is 4.90 Å². The summed E-state index contributed by atoms with van der Waals surface area (Å²) in [7, 11) is 0. The minimum atomic E-state index is -0.278. The molecule has 108 valence electrons. The molecule has 1 fully saturated rings. The molecule has 1 saturated carbocycles. The standard InChI is InChI=1S/C17H16ClNOS/c18-14-3-1-13(2-4-14)17(7-8-17)16(20)19-9-5-12-6-10-21-15(12)11-19/h1-4,6,10H,5,7-9,11H2. The number of carbonyl (C=O) groups excluding carboxylic acids is 1.